The summed E-state index contributed by atoms with van der Waals surface area (Å²) in [5.41, 5.74) is 2.80. The van der Waals surface area contributed by atoms with Crippen LogP contribution in [0.15, 0.2) is 48.5 Å². The van der Waals surface area contributed by atoms with E-state index in [-0.39, 0.29) is 6.54 Å². The van der Waals surface area contributed by atoms with Gasteiger partial charge in [0.15, 0.2) is 0 Å². The Hall–Kier alpha value is -2.38. The van der Waals surface area contributed by atoms with Crippen molar-refractivity contribution in [3.05, 3.63) is 65.2 Å². The van der Waals surface area contributed by atoms with Crippen LogP contribution >= 0.6 is 0 Å². The van der Waals surface area contributed by atoms with Crippen LogP contribution in [-0.2, 0) is 14.8 Å². The molecule has 0 aliphatic rings. The average Bonchev–Trinajstić information content (AvgIpc) is 2.62. The van der Waals surface area contributed by atoms with Gasteiger partial charge in [-0.3, -0.25) is 4.79 Å². The Labute approximate surface area is 161 Å². The van der Waals surface area contributed by atoms with E-state index in [1.807, 2.05) is 38.1 Å². The third kappa shape index (κ3) is 5.55. The maximum Gasteiger partial charge on any atom is 0.243 e. The Bertz CT molecular complexity index is 882. The fourth-order valence-corrected chi connectivity index (χ4v) is 3.27. The van der Waals surface area contributed by atoms with E-state index in [2.05, 4.69) is 5.32 Å². The monoisotopic (exact) mass is 390 g/mol. The third-order valence-electron chi connectivity index (χ3n) is 4.46. The van der Waals surface area contributed by atoms with Gasteiger partial charge in [0.05, 0.1) is 12.8 Å². The van der Waals surface area contributed by atoms with E-state index < -0.39 is 22.0 Å². The average molecular weight is 391 g/mol. The fraction of sp³-hybridized carbons (Fsp3) is 0.350. The molecule has 0 saturated heterocycles. The number of likely N-dealkylation sites (N-methyl/N-ethyl adjacent to an activating group) is 1. The van der Waals surface area contributed by atoms with Gasteiger partial charge < -0.3 is 10.1 Å². The summed E-state index contributed by atoms with van der Waals surface area (Å²) < 4.78 is 30.7. The molecule has 0 spiro atoms. The number of carbonyl (C=O) groups is 1. The zero-order valence-corrected chi connectivity index (χ0v) is 16.9. The van der Waals surface area contributed by atoms with Crippen LogP contribution < -0.4 is 10.1 Å². The van der Waals surface area contributed by atoms with E-state index in [4.69, 9.17) is 4.74 Å². The molecule has 0 bridgehead atoms. The van der Waals surface area contributed by atoms with Gasteiger partial charge in [0, 0.05) is 7.05 Å². The summed E-state index contributed by atoms with van der Waals surface area (Å²) in [6.45, 7) is 4.55. The van der Waals surface area contributed by atoms with Crippen LogP contribution in [0.4, 0.5) is 0 Å². The second-order valence-electron chi connectivity index (χ2n) is 6.43. The molecule has 2 aromatic rings. The SMILES string of the molecule is Cc1cccc(OCCNC(=O)[C@@H](c2ccccc2)N(C)S(C)(=O)=O)c1C. The molecule has 2 aromatic carbocycles. The molecule has 0 heterocycles. The molecule has 0 aliphatic heterocycles. The molecular formula is C20H26N2O4S. The molecule has 1 amide bonds. The van der Waals surface area contributed by atoms with Gasteiger partial charge in [-0.1, -0.05) is 42.5 Å². The lowest BCUT2D eigenvalue weighted by atomic mass is 10.1. The number of amides is 1. The molecule has 0 fully saturated rings. The molecule has 0 unspecified atom stereocenters. The Balaban J connectivity index is 2.03. The number of carbonyl (C=O) groups excluding carboxylic acids is 1. The Morgan fingerprint density at radius 2 is 1.78 bits per heavy atom. The number of benzene rings is 2. The van der Waals surface area contributed by atoms with Crippen molar-refractivity contribution in [2.24, 2.45) is 0 Å². The lowest BCUT2D eigenvalue weighted by Gasteiger charge is -2.25. The first kappa shape index (κ1) is 20.9. The van der Waals surface area contributed by atoms with Gasteiger partial charge in [-0.2, -0.15) is 4.31 Å². The summed E-state index contributed by atoms with van der Waals surface area (Å²) in [4.78, 5) is 12.7. The number of sulfonamides is 1. The number of hydrogen-bond acceptors (Lipinski definition) is 4. The minimum Gasteiger partial charge on any atom is -0.491 e. The zero-order valence-electron chi connectivity index (χ0n) is 16.1. The number of nitrogens with one attached hydrogen (secondary N) is 1. The van der Waals surface area contributed by atoms with E-state index in [0.717, 1.165) is 27.4 Å². The highest BCUT2D eigenvalue weighted by atomic mass is 32.2. The summed E-state index contributed by atoms with van der Waals surface area (Å²) in [5.74, 6) is 0.385. The van der Waals surface area contributed by atoms with Gasteiger partial charge in [0.1, 0.15) is 18.4 Å². The first-order valence-corrected chi connectivity index (χ1v) is 10.5. The summed E-state index contributed by atoms with van der Waals surface area (Å²) >= 11 is 0. The summed E-state index contributed by atoms with van der Waals surface area (Å²) in [7, 11) is -2.14. The van der Waals surface area contributed by atoms with Crippen molar-refractivity contribution < 1.29 is 17.9 Å². The van der Waals surface area contributed by atoms with E-state index in [1.165, 1.54) is 7.05 Å². The molecule has 0 aliphatic carbocycles. The molecule has 1 atom stereocenters. The van der Waals surface area contributed by atoms with Crippen LogP contribution in [0.5, 0.6) is 5.75 Å². The van der Waals surface area contributed by atoms with Crippen molar-refractivity contribution in [3.63, 3.8) is 0 Å². The molecule has 1 N–H and O–H groups in total. The topological polar surface area (TPSA) is 75.7 Å². The van der Waals surface area contributed by atoms with Crippen LogP contribution in [0, 0.1) is 13.8 Å². The molecule has 27 heavy (non-hydrogen) atoms. The Kier molecular flexibility index (Phi) is 6.98. The molecular weight excluding hydrogens is 364 g/mol. The molecule has 0 saturated carbocycles. The Morgan fingerprint density at radius 3 is 2.41 bits per heavy atom. The van der Waals surface area contributed by atoms with Crippen molar-refractivity contribution >= 4 is 15.9 Å². The highest BCUT2D eigenvalue weighted by molar-refractivity contribution is 7.88. The molecule has 0 aromatic heterocycles. The highest BCUT2D eigenvalue weighted by Gasteiger charge is 2.30. The number of aryl methyl sites for hydroxylation is 1. The lowest BCUT2D eigenvalue weighted by molar-refractivity contribution is -0.124. The van der Waals surface area contributed by atoms with Gasteiger partial charge in [0.25, 0.3) is 0 Å². The first-order valence-electron chi connectivity index (χ1n) is 8.66. The smallest absolute Gasteiger partial charge is 0.243 e. The molecule has 0 radical (unpaired) electrons. The van der Waals surface area contributed by atoms with E-state index in [0.29, 0.717) is 12.2 Å². The standard InChI is InChI=1S/C20H26N2O4S/c1-15-9-8-12-18(16(15)2)26-14-13-21-20(23)19(22(3)27(4,24)25)17-10-6-5-7-11-17/h5-12,19H,13-14H2,1-4H3,(H,21,23)/t19-/m1/s1. The lowest BCUT2D eigenvalue weighted by Crippen LogP contribution is -2.42. The minimum atomic E-state index is -3.54. The van der Waals surface area contributed by atoms with Crippen LogP contribution in [-0.4, -0.2) is 45.1 Å². The van der Waals surface area contributed by atoms with Crippen molar-refractivity contribution in [1.29, 1.82) is 0 Å². The van der Waals surface area contributed by atoms with Crippen molar-refractivity contribution in [3.8, 4) is 5.75 Å². The van der Waals surface area contributed by atoms with Crippen molar-refractivity contribution in [1.82, 2.24) is 9.62 Å². The van der Waals surface area contributed by atoms with Crippen molar-refractivity contribution in [2.75, 3.05) is 26.5 Å². The van der Waals surface area contributed by atoms with E-state index in [9.17, 15) is 13.2 Å². The van der Waals surface area contributed by atoms with Gasteiger partial charge in [-0.05, 0) is 36.6 Å². The molecule has 6 nitrogen and oxygen atoms in total. The summed E-state index contributed by atoms with van der Waals surface area (Å²) in [6, 6.07) is 13.7. The quantitative estimate of drug-likeness (QED) is 0.703. The van der Waals surface area contributed by atoms with Crippen LogP contribution in [0.1, 0.15) is 22.7 Å². The number of ether oxygens (including phenoxy) is 1. The second kappa shape index (κ2) is 9.01. The first-order chi connectivity index (χ1) is 12.7. The maximum atomic E-state index is 12.7. The third-order valence-corrected chi connectivity index (χ3v) is 5.72. The van der Waals surface area contributed by atoms with Crippen LogP contribution in [0.2, 0.25) is 0 Å². The van der Waals surface area contributed by atoms with Gasteiger partial charge in [0.2, 0.25) is 15.9 Å². The largest absolute Gasteiger partial charge is 0.491 e. The predicted molar refractivity (Wildman–Crippen MR) is 106 cm³/mol. The van der Waals surface area contributed by atoms with Gasteiger partial charge in [-0.25, -0.2) is 8.42 Å². The number of rotatable bonds is 8. The Morgan fingerprint density at radius 1 is 1.11 bits per heavy atom. The van der Waals surface area contributed by atoms with Gasteiger partial charge in [-0.15, -0.1) is 0 Å². The van der Waals surface area contributed by atoms with E-state index in [1.54, 1.807) is 24.3 Å². The number of hydrogen-bond donors (Lipinski definition) is 1. The zero-order chi connectivity index (χ0) is 20.0. The maximum absolute atomic E-state index is 12.7. The second-order valence-corrected chi connectivity index (χ2v) is 8.47. The molecule has 7 heteroatoms. The van der Waals surface area contributed by atoms with Crippen LogP contribution in [0.25, 0.3) is 0 Å². The normalized spacial score (nSPS) is 12.6. The van der Waals surface area contributed by atoms with Gasteiger partial charge >= 0.3 is 0 Å². The van der Waals surface area contributed by atoms with Crippen LogP contribution in [0.3, 0.4) is 0 Å². The summed E-state index contributed by atoms with van der Waals surface area (Å²) in [6.07, 6.45) is 1.08. The molecule has 146 valence electrons. The summed E-state index contributed by atoms with van der Waals surface area (Å²) in [5, 5.41) is 2.77. The van der Waals surface area contributed by atoms with E-state index >= 15 is 0 Å². The fourth-order valence-electron chi connectivity index (χ4n) is 2.67. The van der Waals surface area contributed by atoms with Crippen molar-refractivity contribution in [2.45, 2.75) is 19.9 Å². The predicted octanol–water partition coefficient (Wildman–Crippen LogP) is 2.43. The minimum absolute atomic E-state index is 0.271. The molecule has 2 rings (SSSR count). The highest BCUT2D eigenvalue weighted by Crippen LogP contribution is 2.22. The number of nitrogens with zero attached hydrogens (tertiary/aromatic N) is 1.